The number of fused-ring (bicyclic) bond motifs is 6. The second-order valence-corrected chi connectivity index (χ2v) is 15.9. The highest BCUT2D eigenvalue weighted by molar-refractivity contribution is 6.13. The van der Waals surface area contributed by atoms with Crippen LogP contribution in [0.3, 0.4) is 0 Å². The summed E-state index contributed by atoms with van der Waals surface area (Å²) >= 11 is 0. The van der Waals surface area contributed by atoms with Gasteiger partial charge in [0, 0.05) is 45.1 Å². The van der Waals surface area contributed by atoms with E-state index >= 15 is 0 Å². The minimum absolute atomic E-state index is 0.992. The lowest BCUT2D eigenvalue weighted by atomic mass is 10.0. The Morgan fingerprint density at radius 1 is 0.226 bits per heavy atom. The summed E-state index contributed by atoms with van der Waals surface area (Å²) < 4.78 is 4.70. The van der Waals surface area contributed by atoms with Gasteiger partial charge in [-0.05, 0) is 105 Å². The molecular weight excluding hydrogens is 753 g/mol. The Morgan fingerprint density at radius 3 is 0.774 bits per heavy atom. The van der Waals surface area contributed by atoms with Gasteiger partial charge >= 0.3 is 0 Å². The van der Waals surface area contributed by atoms with Gasteiger partial charge in [-0.15, -0.1) is 0 Å². The minimum atomic E-state index is 0.992. The first-order valence-corrected chi connectivity index (χ1v) is 21.0. The van der Waals surface area contributed by atoms with Crippen LogP contribution in [0, 0.1) is 0 Å². The van der Waals surface area contributed by atoms with E-state index in [0.717, 1.165) is 44.6 Å². The molecule has 62 heavy (non-hydrogen) atoms. The molecule has 0 N–H and O–H groups in total. The maximum atomic E-state index is 4.87. The third-order valence-electron chi connectivity index (χ3n) is 12.3. The van der Waals surface area contributed by atoms with Crippen molar-refractivity contribution in [2.75, 3.05) is 0 Å². The largest absolute Gasteiger partial charge is 0.308 e. The summed E-state index contributed by atoms with van der Waals surface area (Å²) in [5, 5.41) is 4.80. The highest BCUT2D eigenvalue weighted by Gasteiger charge is 2.18. The summed E-state index contributed by atoms with van der Waals surface area (Å²) in [6.45, 7) is 0. The molecule has 4 heteroatoms. The van der Waals surface area contributed by atoms with Gasteiger partial charge in [0.05, 0.1) is 45.8 Å². The van der Waals surface area contributed by atoms with E-state index in [4.69, 9.17) is 9.97 Å². The molecule has 8 aromatic carbocycles. The number of pyridine rings is 2. The Kier molecular flexibility index (Phi) is 8.46. The Bertz CT molecular complexity index is 3170. The van der Waals surface area contributed by atoms with E-state index in [1.807, 2.05) is 24.8 Å². The second kappa shape index (κ2) is 14.7. The maximum absolute atomic E-state index is 4.87. The number of hydrogen-bond donors (Lipinski definition) is 0. The SMILES string of the molecule is c1ccc(-c2ccc3c(c2)c2cc(-c4ccccc4)ccc2n3-c2cncc(-c3cncc(-n4c5ccc(-c6ccccc6)cc5c5cc(-c6ccccc6)ccc54)c3)c2)cc1. The fraction of sp³-hybridized carbons (Fsp3) is 0. The molecule has 0 radical (unpaired) electrons. The van der Waals surface area contributed by atoms with Gasteiger partial charge in [0.15, 0.2) is 0 Å². The van der Waals surface area contributed by atoms with E-state index in [1.165, 1.54) is 66.1 Å². The Morgan fingerprint density at radius 2 is 0.500 bits per heavy atom. The number of benzene rings is 8. The van der Waals surface area contributed by atoms with Crippen LogP contribution in [0.4, 0.5) is 0 Å². The molecule has 0 unspecified atom stereocenters. The number of hydrogen-bond acceptors (Lipinski definition) is 2. The Balaban J connectivity index is 1.00. The predicted molar refractivity (Wildman–Crippen MR) is 258 cm³/mol. The van der Waals surface area contributed by atoms with Crippen LogP contribution in [0.5, 0.6) is 0 Å². The predicted octanol–water partition coefficient (Wildman–Crippen LogP) is 15.0. The molecule has 0 bridgehead atoms. The van der Waals surface area contributed by atoms with Crippen molar-refractivity contribution in [1.82, 2.24) is 19.1 Å². The molecule has 12 aromatic rings. The molecular formula is C58H38N4. The van der Waals surface area contributed by atoms with Crippen LogP contribution >= 0.6 is 0 Å². The van der Waals surface area contributed by atoms with Crippen molar-refractivity contribution < 1.29 is 0 Å². The van der Waals surface area contributed by atoms with Gasteiger partial charge in [-0.1, -0.05) is 146 Å². The van der Waals surface area contributed by atoms with Crippen molar-refractivity contribution in [2.45, 2.75) is 0 Å². The van der Waals surface area contributed by atoms with Crippen LogP contribution in [0.25, 0.3) is 111 Å². The molecule has 0 aliphatic rings. The highest BCUT2D eigenvalue weighted by Crippen LogP contribution is 2.40. The molecule has 0 aliphatic carbocycles. The van der Waals surface area contributed by atoms with Crippen LogP contribution in [0.1, 0.15) is 0 Å². The lowest BCUT2D eigenvalue weighted by Gasteiger charge is -2.12. The van der Waals surface area contributed by atoms with Gasteiger partial charge in [-0.25, -0.2) is 0 Å². The molecule has 0 saturated carbocycles. The van der Waals surface area contributed by atoms with Crippen molar-refractivity contribution in [3.63, 3.8) is 0 Å². The average Bonchev–Trinajstić information content (AvgIpc) is 3.86. The minimum Gasteiger partial charge on any atom is -0.308 e. The number of nitrogens with zero attached hydrogens (tertiary/aromatic N) is 4. The fourth-order valence-electron chi connectivity index (χ4n) is 9.26. The molecule has 4 aromatic heterocycles. The third-order valence-corrected chi connectivity index (χ3v) is 12.3. The van der Waals surface area contributed by atoms with E-state index in [1.54, 1.807) is 0 Å². The first-order chi connectivity index (χ1) is 30.7. The molecule has 0 atom stereocenters. The Labute approximate surface area is 359 Å². The summed E-state index contributed by atoms with van der Waals surface area (Å²) in [5.74, 6) is 0. The van der Waals surface area contributed by atoms with E-state index in [9.17, 15) is 0 Å². The van der Waals surface area contributed by atoms with Crippen molar-refractivity contribution in [3.05, 3.63) is 231 Å². The summed E-state index contributed by atoms with van der Waals surface area (Å²) in [5.41, 5.74) is 18.0. The molecule has 12 rings (SSSR count). The standard InChI is InChI=1S/C58H38N4/c1-5-13-39(14-6-1)43-21-25-55-51(31-43)52-32-44(40-15-7-2-8-16-40)22-26-56(52)61(55)49-29-47(35-59-37-49)48-30-50(38-60-36-48)62-57-27-23-45(41-17-9-3-10-18-41)33-53(57)54-34-46(24-28-58(54)62)42-19-11-4-12-20-42/h1-38H. The second-order valence-electron chi connectivity index (χ2n) is 15.9. The van der Waals surface area contributed by atoms with E-state index in [-0.39, 0.29) is 0 Å². The smallest absolute Gasteiger partial charge is 0.0651 e. The van der Waals surface area contributed by atoms with Gasteiger partial charge in [0.1, 0.15) is 0 Å². The van der Waals surface area contributed by atoms with Crippen LogP contribution in [0.2, 0.25) is 0 Å². The van der Waals surface area contributed by atoms with Crippen molar-refractivity contribution in [1.29, 1.82) is 0 Å². The fourth-order valence-corrected chi connectivity index (χ4v) is 9.26. The van der Waals surface area contributed by atoms with Crippen molar-refractivity contribution in [3.8, 4) is 67.0 Å². The van der Waals surface area contributed by atoms with Gasteiger partial charge in [-0.2, -0.15) is 0 Å². The van der Waals surface area contributed by atoms with E-state index in [2.05, 4.69) is 215 Å². The van der Waals surface area contributed by atoms with Gasteiger partial charge in [0.25, 0.3) is 0 Å². The number of aromatic nitrogens is 4. The third kappa shape index (κ3) is 6.08. The van der Waals surface area contributed by atoms with Gasteiger partial charge < -0.3 is 9.13 Å². The van der Waals surface area contributed by atoms with Gasteiger partial charge in [0.2, 0.25) is 0 Å². The molecule has 0 saturated heterocycles. The zero-order chi connectivity index (χ0) is 41.0. The zero-order valence-electron chi connectivity index (χ0n) is 33.7. The summed E-state index contributed by atoms with van der Waals surface area (Å²) in [6, 6.07) is 74.2. The molecule has 0 amide bonds. The molecule has 290 valence electrons. The molecule has 0 aliphatic heterocycles. The molecule has 4 heterocycles. The van der Waals surface area contributed by atoms with Crippen molar-refractivity contribution >= 4 is 43.6 Å². The lowest BCUT2D eigenvalue weighted by Crippen LogP contribution is -1.98. The summed E-state index contributed by atoms with van der Waals surface area (Å²) in [6.07, 6.45) is 7.83. The maximum Gasteiger partial charge on any atom is 0.0651 e. The number of rotatable bonds is 7. The topological polar surface area (TPSA) is 35.6 Å². The lowest BCUT2D eigenvalue weighted by molar-refractivity contribution is 1.13. The summed E-state index contributed by atoms with van der Waals surface area (Å²) in [7, 11) is 0. The van der Waals surface area contributed by atoms with E-state index < -0.39 is 0 Å². The van der Waals surface area contributed by atoms with Crippen LogP contribution in [0.15, 0.2) is 231 Å². The highest BCUT2D eigenvalue weighted by atomic mass is 15.0. The Hall–Kier alpha value is -8.34. The van der Waals surface area contributed by atoms with Crippen LogP contribution < -0.4 is 0 Å². The first-order valence-electron chi connectivity index (χ1n) is 21.0. The van der Waals surface area contributed by atoms with Gasteiger partial charge in [-0.3, -0.25) is 9.97 Å². The summed E-state index contributed by atoms with van der Waals surface area (Å²) in [4.78, 5) is 9.75. The monoisotopic (exact) mass is 790 g/mol. The van der Waals surface area contributed by atoms with E-state index in [0.29, 0.717) is 0 Å². The zero-order valence-corrected chi connectivity index (χ0v) is 33.7. The van der Waals surface area contributed by atoms with Crippen molar-refractivity contribution in [2.24, 2.45) is 0 Å². The van der Waals surface area contributed by atoms with Crippen LogP contribution in [-0.2, 0) is 0 Å². The molecule has 0 spiro atoms. The first kappa shape index (κ1) is 35.6. The normalized spacial score (nSPS) is 11.5. The quantitative estimate of drug-likeness (QED) is 0.161. The van der Waals surface area contributed by atoms with Crippen LogP contribution in [-0.4, -0.2) is 19.1 Å². The molecule has 4 nitrogen and oxygen atoms in total. The average molecular weight is 791 g/mol. The molecule has 0 fully saturated rings.